The fraction of sp³-hybridized carbons (Fsp3) is 0.450. The Labute approximate surface area is 154 Å². The van der Waals surface area contributed by atoms with Gasteiger partial charge in [0.15, 0.2) is 0 Å². The number of anilines is 1. The van der Waals surface area contributed by atoms with Crippen LogP contribution in [-0.2, 0) is 19.4 Å². The second-order valence-corrected chi connectivity index (χ2v) is 7.52. The highest BCUT2D eigenvalue weighted by molar-refractivity contribution is 7.09. The second-order valence-electron chi connectivity index (χ2n) is 6.49. The fourth-order valence-electron chi connectivity index (χ4n) is 3.35. The van der Waals surface area contributed by atoms with Crippen molar-refractivity contribution >= 4 is 23.1 Å². The molecule has 1 aliphatic rings. The first-order chi connectivity index (χ1) is 12.3. The zero-order chi connectivity index (χ0) is 17.5. The summed E-state index contributed by atoms with van der Waals surface area (Å²) >= 11 is 1.66. The molecule has 0 saturated carbocycles. The minimum absolute atomic E-state index is 0.0968. The summed E-state index contributed by atoms with van der Waals surface area (Å²) in [7, 11) is 0. The molecule has 0 saturated heterocycles. The molecule has 0 spiro atoms. The number of thiophene rings is 1. The van der Waals surface area contributed by atoms with Gasteiger partial charge in [0, 0.05) is 30.2 Å². The smallest absolute Gasteiger partial charge is 0.315 e. The van der Waals surface area contributed by atoms with Crippen LogP contribution in [0.5, 0.6) is 0 Å². The second kappa shape index (κ2) is 8.90. The van der Waals surface area contributed by atoms with Crippen LogP contribution in [0.3, 0.4) is 0 Å². The molecule has 4 nitrogen and oxygen atoms in total. The molecule has 1 aromatic carbocycles. The molecular formula is C20H27N3OS. The predicted molar refractivity (Wildman–Crippen MR) is 106 cm³/mol. The molecule has 0 bridgehead atoms. The summed E-state index contributed by atoms with van der Waals surface area (Å²) < 4.78 is 0. The van der Waals surface area contributed by atoms with E-state index in [0.29, 0.717) is 13.1 Å². The first kappa shape index (κ1) is 17.8. The maximum atomic E-state index is 11.9. The molecule has 0 radical (unpaired) electrons. The summed E-state index contributed by atoms with van der Waals surface area (Å²) in [6, 6.07) is 10.7. The molecule has 0 fully saturated rings. The molecule has 1 aromatic heterocycles. The number of hydrogen-bond acceptors (Lipinski definition) is 3. The Morgan fingerprint density at radius 2 is 2.20 bits per heavy atom. The molecule has 0 unspecified atom stereocenters. The highest BCUT2D eigenvalue weighted by Gasteiger charge is 2.16. The Morgan fingerprint density at radius 1 is 1.28 bits per heavy atom. The zero-order valence-electron chi connectivity index (χ0n) is 14.9. The van der Waals surface area contributed by atoms with Crippen LogP contribution in [0, 0.1) is 0 Å². The van der Waals surface area contributed by atoms with Crippen LogP contribution in [0.1, 0.15) is 35.8 Å². The van der Waals surface area contributed by atoms with Gasteiger partial charge in [-0.15, -0.1) is 11.3 Å². The van der Waals surface area contributed by atoms with E-state index >= 15 is 0 Å². The molecule has 2 heterocycles. The number of benzene rings is 1. The third kappa shape index (κ3) is 4.98. The molecule has 25 heavy (non-hydrogen) atoms. The summed E-state index contributed by atoms with van der Waals surface area (Å²) in [5.41, 5.74) is 4.16. The Balaban J connectivity index is 1.46. The van der Waals surface area contributed by atoms with Crippen LogP contribution in [0.25, 0.3) is 0 Å². The van der Waals surface area contributed by atoms with E-state index in [4.69, 9.17) is 0 Å². The number of hydrogen-bond donors (Lipinski definition) is 2. The Kier molecular flexibility index (Phi) is 6.34. The van der Waals surface area contributed by atoms with Crippen molar-refractivity contribution in [1.29, 1.82) is 0 Å². The average molecular weight is 358 g/mol. The van der Waals surface area contributed by atoms with Gasteiger partial charge in [0.2, 0.25) is 0 Å². The van der Waals surface area contributed by atoms with Gasteiger partial charge in [-0.3, -0.25) is 0 Å². The summed E-state index contributed by atoms with van der Waals surface area (Å²) in [4.78, 5) is 15.5. The number of amides is 2. The van der Waals surface area contributed by atoms with Crippen LogP contribution in [-0.4, -0.2) is 25.7 Å². The van der Waals surface area contributed by atoms with Gasteiger partial charge in [0.1, 0.15) is 0 Å². The van der Waals surface area contributed by atoms with Gasteiger partial charge >= 0.3 is 6.03 Å². The van der Waals surface area contributed by atoms with Gasteiger partial charge in [0.05, 0.1) is 6.54 Å². The van der Waals surface area contributed by atoms with Crippen molar-refractivity contribution in [3.8, 4) is 0 Å². The van der Waals surface area contributed by atoms with Gasteiger partial charge in [-0.05, 0) is 54.3 Å². The van der Waals surface area contributed by atoms with Crippen LogP contribution in [0.2, 0.25) is 0 Å². The number of nitrogens with zero attached hydrogens (tertiary/aromatic N) is 1. The quantitative estimate of drug-likeness (QED) is 0.788. The lowest BCUT2D eigenvalue weighted by molar-refractivity contribution is 0.240. The number of nitrogens with one attached hydrogen (secondary N) is 2. The predicted octanol–water partition coefficient (Wildman–Crippen LogP) is 3.95. The Bertz CT molecular complexity index is 684. The van der Waals surface area contributed by atoms with E-state index in [9.17, 15) is 4.79 Å². The maximum absolute atomic E-state index is 11.9. The molecule has 3 rings (SSSR count). The number of carbonyl (C=O) groups is 1. The third-order valence-corrected chi connectivity index (χ3v) is 5.43. The number of rotatable bonds is 7. The summed E-state index contributed by atoms with van der Waals surface area (Å²) in [5.74, 6) is 0. The van der Waals surface area contributed by atoms with Gasteiger partial charge in [-0.25, -0.2) is 4.79 Å². The minimum Gasteiger partial charge on any atom is -0.371 e. The SMILES string of the molecule is CCCN1CCCc2cc(CCNC(=O)NCc3cccs3)ccc21. The van der Waals surface area contributed by atoms with Gasteiger partial charge in [-0.1, -0.05) is 25.1 Å². The lowest BCUT2D eigenvalue weighted by atomic mass is 9.98. The average Bonchev–Trinajstić information content (AvgIpc) is 3.14. The molecule has 5 heteroatoms. The molecule has 134 valence electrons. The van der Waals surface area contributed by atoms with Crippen LogP contribution in [0.15, 0.2) is 35.7 Å². The van der Waals surface area contributed by atoms with Crippen LogP contribution in [0.4, 0.5) is 10.5 Å². The molecule has 1 aliphatic heterocycles. The van der Waals surface area contributed by atoms with E-state index in [-0.39, 0.29) is 6.03 Å². The molecule has 2 N–H and O–H groups in total. The number of urea groups is 1. The van der Waals surface area contributed by atoms with E-state index in [2.05, 4.69) is 40.7 Å². The number of carbonyl (C=O) groups excluding carboxylic acids is 1. The van der Waals surface area contributed by atoms with Crippen molar-refractivity contribution in [2.75, 3.05) is 24.5 Å². The van der Waals surface area contributed by atoms with E-state index in [1.54, 1.807) is 11.3 Å². The topological polar surface area (TPSA) is 44.4 Å². The third-order valence-electron chi connectivity index (χ3n) is 4.55. The van der Waals surface area contributed by atoms with E-state index in [1.165, 1.54) is 41.1 Å². The zero-order valence-corrected chi connectivity index (χ0v) is 15.7. The Morgan fingerprint density at radius 3 is 3.00 bits per heavy atom. The highest BCUT2D eigenvalue weighted by Crippen LogP contribution is 2.28. The maximum Gasteiger partial charge on any atom is 0.315 e. The molecule has 2 amide bonds. The number of fused-ring (bicyclic) bond motifs is 1. The molecule has 0 atom stereocenters. The first-order valence-electron chi connectivity index (χ1n) is 9.17. The lowest BCUT2D eigenvalue weighted by Crippen LogP contribution is -2.36. The van der Waals surface area contributed by atoms with E-state index < -0.39 is 0 Å². The largest absolute Gasteiger partial charge is 0.371 e. The molecule has 2 aromatic rings. The number of aryl methyl sites for hydroxylation is 1. The highest BCUT2D eigenvalue weighted by atomic mass is 32.1. The monoisotopic (exact) mass is 357 g/mol. The minimum atomic E-state index is -0.0968. The van der Waals surface area contributed by atoms with Crippen molar-refractivity contribution in [3.05, 3.63) is 51.7 Å². The summed E-state index contributed by atoms with van der Waals surface area (Å²) in [5, 5.41) is 7.86. The van der Waals surface area contributed by atoms with Gasteiger partial charge in [-0.2, -0.15) is 0 Å². The molecule has 0 aliphatic carbocycles. The van der Waals surface area contributed by atoms with Gasteiger partial charge < -0.3 is 15.5 Å². The standard InChI is InChI=1S/C20H27N3OS/c1-2-11-23-12-3-5-17-14-16(7-8-19(17)23)9-10-21-20(24)22-15-18-6-4-13-25-18/h4,6-8,13-14H,2-3,5,9-12,15H2,1H3,(H2,21,22,24). The van der Waals surface area contributed by atoms with E-state index in [0.717, 1.165) is 19.4 Å². The van der Waals surface area contributed by atoms with Crippen molar-refractivity contribution in [1.82, 2.24) is 10.6 Å². The van der Waals surface area contributed by atoms with Crippen LogP contribution < -0.4 is 15.5 Å². The lowest BCUT2D eigenvalue weighted by Gasteiger charge is -2.31. The van der Waals surface area contributed by atoms with E-state index in [1.807, 2.05) is 17.5 Å². The van der Waals surface area contributed by atoms with Gasteiger partial charge in [0.25, 0.3) is 0 Å². The van der Waals surface area contributed by atoms with Crippen LogP contribution >= 0.6 is 11.3 Å². The summed E-state index contributed by atoms with van der Waals surface area (Å²) in [6.07, 6.45) is 4.46. The fourth-order valence-corrected chi connectivity index (χ4v) is 3.99. The van der Waals surface area contributed by atoms with Crippen molar-refractivity contribution in [3.63, 3.8) is 0 Å². The summed E-state index contributed by atoms with van der Waals surface area (Å²) in [6.45, 7) is 5.80. The molecular weight excluding hydrogens is 330 g/mol. The normalized spacial score (nSPS) is 13.4. The van der Waals surface area contributed by atoms with Crippen molar-refractivity contribution in [2.24, 2.45) is 0 Å². The van der Waals surface area contributed by atoms with Crippen molar-refractivity contribution in [2.45, 2.75) is 39.2 Å². The van der Waals surface area contributed by atoms with Crippen molar-refractivity contribution < 1.29 is 4.79 Å². The first-order valence-corrected chi connectivity index (χ1v) is 10.0. The Hall–Kier alpha value is -2.01.